The van der Waals surface area contributed by atoms with Crippen LogP contribution in [0.25, 0.3) is 0 Å². The molecule has 0 amide bonds. The molecule has 0 aliphatic rings. The van der Waals surface area contributed by atoms with Gasteiger partial charge in [-0.1, -0.05) is 30.7 Å². The first kappa shape index (κ1) is 14.9. The fourth-order valence-corrected chi connectivity index (χ4v) is 3.16. The van der Waals surface area contributed by atoms with Gasteiger partial charge in [-0.3, -0.25) is 0 Å². The summed E-state index contributed by atoms with van der Waals surface area (Å²) >= 11 is 1.48. The van der Waals surface area contributed by atoms with Crippen LogP contribution in [0.4, 0.5) is 15.2 Å². The normalized spacial score (nSPS) is 10.8. The van der Waals surface area contributed by atoms with Crippen LogP contribution in [0.1, 0.15) is 30.8 Å². The average Bonchev–Trinajstić information content (AvgIpc) is 2.83. The van der Waals surface area contributed by atoms with Crippen molar-refractivity contribution >= 4 is 22.2 Å². The Morgan fingerprint density at radius 3 is 2.75 bits per heavy atom. The summed E-state index contributed by atoms with van der Waals surface area (Å²) in [7, 11) is 0. The van der Waals surface area contributed by atoms with E-state index in [9.17, 15) is 9.50 Å². The highest BCUT2D eigenvalue weighted by atomic mass is 32.1. The van der Waals surface area contributed by atoms with Crippen LogP contribution in [0.3, 0.4) is 0 Å². The Hall–Kier alpha value is -1.46. The Kier molecular flexibility index (Phi) is 5.09. The lowest BCUT2D eigenvalue weighted by Crippen LogP contribution is -2.15. The minimum Gasteiger partial charge on any atom is -0.391 e. The van der Waals surface area contributed by atoms with E-state index in [4.69, 9.17) is 0 Å². The van der Waals surface area contributed by atoms with E-state index in [1.54, 1.807) is 6.07 Å². The van der Waals surface area contributed by atoms with Gasteiger partial charge in [0.2, 0.25) is 0 Å². The maximum atomic E-state index is 13.4. The molecule has 0 fully saturated rings. The van der Waals surface area contributed by atoms with E-state index in [0.29, 0.717) is 6.54 Å². The van der Waals surface area contributed by atoms with Crippen LogP contribution in [-0.4, -0.2) is 16.6 Å². The number of aliphatic hydroxyl groups excluding tert-OH is 1. The molecule has 108 valence electrons. The summed E-state index contributed by atoms with van der Waals surface area (Å²) < 4.78 is 13.4. The highest BCUT2D eigenvalue weighted by molar-refractivity contribution is 7.15. The molecule has 0 saturated carbocycles. The number of aliphatic hydroxyl groups is 1. The number of hydrogen-bond acceptors (Lipinski definition) is 4. The fourth-order valence-electron chi connectivity index (χ4n) is 2.11. The molecule has 1 heterocycles. The van der Waals surface area contributed by atoms with Gasteiger partial charge in [-0.2, -0.15) is 0 Å². The second-order valence-electron chi connectivity index (χ2n) is 4.50. The summed E-state index contributed by atoms with van der Waals surface area (Å²) in [5, 5.41) is 10.2. The fraction of sp³-hybridized carbons (Fsp3) is 0.400. The highest BCUT2D eigenvalue weighted by Gasteiger charge is 2.16. The predicted molar refractivity (Wildman–Crippen MR) is 81.1 cm³/mol. The maximum Gasteiger partial charge on any atom is 0.190 e. The first-order valence-electron chi connectivity index (χ1n) is 6.82. The highest BCUT2D eigenvalue weighted by Crippen LogP contribution is 2.32. The zero-order chi connectivity index (χ0) is 14.5. The summed E-state index contributed by atoms with van der Waals surface area (Å²) in [5.41, 5.74) is 1.73. The molecule has 2 aromatic rings. The molecule has 2 rings (SSSR count). The first-order valence-corrected chi connectivity index (χ1v) is 7.63. The van der Waals surface area contributed by atoms with Crippen LogP contribution < -0.4 is 4.90 Å². The summed E-state index contributed by atoms with van der Waals surface area (Å²) in [4.78, 5) is 7.47. The third-order valence-electron chi connectivity index (χ3n) is 3.06. The second-order valence-corrected chi connectivity index (χ2v) is 5.56. The van der Waals surface area contributed by atoms with Gasteiger partial charge in [-0.05, 0) is 31.5 Å². The van der Waals surface area contributed by atoms with Gasteiger partial charge in [-0.15, -0.1) is 0 Å². The summed E-state index contributed by atoms with van der Waals surface area (Å²) in [6.07, 6.45) is 1.84. The van der Waals surface area contributed by atoms with Gasteiger partial charge >= 0.3 is 0 Å². The van der Waals surface area contributed by atoms with Crippen molar-refractivity contribution in [3.63, 3.8) is 0 Å². The van der Waals surface area contributed by atoms with Crippen molar-refractivity contribution in [3.8, 4) is 0 Å². The van der Waals surface area contributed by atoms with Gasteiger partial charge in [0.1, 0.15) is 5.82 Å². The molecule has 0 spiro atoms. The largest absolute Gasteiger partial charge is 0.391 e. The van der Waals surface area contributed by atoms with Crippen molar-refractivity contribution < 1.29 is 9.50 Å². The number of hydrogen-bond donors (Lipinski definition) is 1. The van der Waals surface area contributed by atoms with E-state index in [0.717, 1.165) is 34.2 Å². The smallest absolute Gasteiger partial charge is 0.190 e. The molecule has 3 nitrogen and oxygen atoms in total. The SMILES string of the molecule is CCCc1nc(N(CC)c2cccc(F)c2)sc1CO. The molecule has 20 heavy (non-hydrogen) atoms. The molecule has 0 saturated heterocycles. The van der Waals surface area contributed by atoms with Crippen LogP contribution in [0, 0.1) is 5.82 Å². The Bertz CT molecular complexity index is 571. The van der Waals surface area contributed by atoms with Crippen molar-refractivity contribution in [2.45, 2.75) is 33.3 Å². The zero-order valence-corrected chi connectivity index (χ0v) is 12.6. The molecule has 0 aliphatic heterocycles. The topological polar surface area (TPSA) is 36.4 Å². The molecule has 0 aliphatic carbocycles. The first-order chi connectivity index (χ1) is 9.69. The molecular weight excluding hydrogens is 275 g/mol. The van der Waals surface area contributed by atoms with Crippen LogP contribution in [-0.2, 0) is 13.0 Å². The lowest BCUT2D eigenvalue weighted by molar-refractivity contribution is 0.284. The molecular formula is C15H19FN2OS. The maximum absolute atomic E-state index is 13.4. The number of aryl methyl sites for hydroxylation is 1. The standard InChI is InChI=1S/C15H19FN2OS/c1-3-6-13-14(10-19)20-15(17-13)18(4-2)12-8-5-7-11(16)9-12/h5,7-9,19H,3-4,6,10H2,1-2H3. The van der Waals surface area contributed by atoms with E-state index >= 15 is 0 Å². The number of aromatic nitrogens is 1. The van der Waals surface area contributed by atoms with Crippen LogP contribution in [0.5, 0.6) is 0 Å². The molecule has 1 N–H and O–H groups in total. The minimum absolute atomic E-state index is 0.00764. The van der Waals surface area contributed by atoms with Crippen molar-refractivity contribution in [1.29, 1.82) is 0 Å². The quantitative estimate of drug-likeness (QED) is 0.878. The molecule has 0 atom stereocenters. The second kappa shape index (κ2) is 6.81. The lowest BCUT2D eigenvalue weighted by atomic mass is 10.2. The predicted octanol–water partition coefficient (Wildman–Crippen LogP) is 3.89. The number of rotatable bonds is 6. The van der Waals surface area contributed by atoms with E-state index in [1.807, 2.05) is 17.9 Å². The Morgan fingerprint density at radius 1 is 1.35 bits per heavy atom. The third kappa shape index (κ3) is 3.16. The van der Waals surface area contributed by atoms with Gasteiger partial charge in [0.25, 0.3) is 0 Å². The monoisotopic (exact) mass is 294 g/mol. The van der Waals surface area contributed by atoms with Gasteiger partial charge in [0.05, 0.1) is 17.2 Å². The van der Waals surface area contributed by atoms with Crippen molar-refractivity contribution in [3.05, 3.63) is 40.7 Å². The number of nitrogens with zero attached hydrogens (tertiary/aromatic N) is 2. The Balaban J connectivity index is 2.36. The van der Waals surface area contributed by atoms with E-state index < -0.39 is 0 Å². The minimum atomic E-state index is -0.256. The number of thiazole rings is 1. The van der Waals surface area contributed by atoms with Crippen LogP contribution >= 0.6 is 11.3 Å². The van der Waals surface area contributed by atoms with Crippen molar-refractivity contribution in [2.24, 2.45) is 0 Å². The number of benzene rings is 1. The van der Waals surface area contributed by atoms with Gasteiger partial charge < -0.3 is 10.0 Å². The zero-order valence-electron chi connectivity index (χ0n) is 11.8. The average molecular weight is 294 g/mol. The molecule has 0 radical (unpaired) electrons. The molecule has 0 unspecified atom stereocenters. The summed E-state index contributed by atoms with van der Waals surface area (Å²) in [6, 6.07) is 6.50. The summed E-state index contributed by atoms with van der Waals surface area (Å²) in [5.74, 6) is -0.256. The number of anilines is 2. The van der Waals surface area contributed by atoms with Crippen molar-refractivity contribution in [2.75, 3.05) is 11.4 Å². The van der Waals surface area contributed by atoms with Gasteiger partial charge in [0.15, 0.2) is 5.13 Å². The van der Waals surface area contributed by atoms with Crippen LogP contribution in [0.15, 0.2) is 24.3 Å². The molecule has 5 heteroatoms. The lowest BCUT2D eigenvalue weighted by Gasteiger charge is -2.19. The van der Waals surface area contributed by atoms with Gasteiger partial charge in [-0.25, -0.2) is 9.37 Å². The summed E-state index contributed by atoms with van der Waals surface area (Å²) in [6.45, 7) is 4.80. The molecule has 1 aromatic heterocycles. The van der Waals surface area contributed by atoms with E-state index in [2.05, 4.69) is 11.9 Å². The van der Waals surface area contributed by atoms with Gasteiger partial charge in [0, 0.05) is 12.2 Å². The Labute approximate surface area is 122 Å². The Morgan fingerprint density at radius 2 is 2.15 bits per heavy atom. The number of halogens is 1. The van der Waals surface area contributed by atoms with Crippen molar-refractivity contribution in [1.82, 2.24) is 4.98 Å². The van der Waals surface area contributed by atoms with Crippen LogP contribution in [0.2, 0.25) is 0 Å². The van der Waals surface area contributed by atoms with E-state index in [-0.39, 0.29) is 12.4 Å². The molecule has 0 bridgehead atoms. The molecule has 1 aromatic carbocycles. The van der Waals surface area contributed by atoms with E-state index in [1.165, 1.54) is 23.5 Å². The third-order valence-corrected chi connectivity index (χ3v) is 4.17.